The quantitative estimate of drug-likeness (QED) is 0.484. The van der Waals surface area contributed by atoms with E-state index in [-0.39, 0.29) is 0 Å². The molecule has 5 nitrogen and oxygen atoms in total. The Morgan fingerprint density at radius 1 is 1.11 bits per heavy atom. The summed E-state index contributed by atoms with van der Waals surface area (Å²) in [5, 5.41) is 7.84. The highest BCUT2D eigenvalue weighted by Gasteiger charge is 2.03. The summed E-state index contributed by atoms with van der Waals surface area (Å²) in [5.74, 6) is 0.828. The summed E-state index contributed by atoms with van der Waals surface area (Å²) in [7, 11) is 0. The second-order valence-corrected chi connectivity index (χ2v) is 7.47. The van der Waals surface area contributed by atoms with E-state index in [4.69, 9.17) is 4.99 Å². The molecule has 0 radical (unpaired) electrons. The van der Waals surface area contributed by atoms with E-state index in [1.54, 1.807) is 11.3 Å². The van der Waals surface area contributed by atoms with Crippen molar-refractivity contribution in [2.45, 2.75) is 26.8 Å². The second-order valence-electron chi connectivity index (χ2n) is 6.15. The van der Waals surface area contributed by atoms with E-state index in [2.05, 4.69) is 58.7 Å². The van der Waals surface area contributed by atoms with Gasteiger partial charge >= 0.3 is 0 Å². The molecular formula is C21H25N5S. The van der Waals surface area contributed by atoms with Crippen molar-refractivity contribution in [3.63, 3.8) is 0 Å². The molecule has 2 N–H and O–H groups in total. The number of pyridine rings is 1. The monoisotopic (exact) mass is 379 g/mol. The Morgan fingerprint density at radius 3 is 2.78 bits per heavy atom. The molecule has 0 spiro atoms. The molecule has 0 saturated heterocycles. The predicted octanol–water partition coefficient (Wildman–Crippen LogP) is 3.81. The largest absolute Gasteiger partial charge is 0.357 e. The summed E-state index contributed by atoms with van der Waals surface area (Å²) in [6.07, 6.45) is 4.64. The van der Waals surface area contributed by atoms with Gasteiger partial charge in [0.05, 0.1) is 17.2 Å². The van der Waals surface area contributed by atoms with Gasteiger partial charge in [-0.15, -0.1) is 11.3 Å². The summed E-state index contributed by atoms with van der Waals surface area (Å²) in [6.45, 7) is 6.41. The van der Waals surface area contributed by atoms with Gasteiger partial charge in [-0.1, -0.05) is 24.3 Å². The lowest BCUT2D eigenvalue weighted by atomic mass is 10.1. The predicted molar refractivity (Wildman–Crippen MR) is 113 cm³/mol. The number of nitrogens with zero attached hydrogens (tertiary/aromatic N) is 3. The van der Waals surface area contributed by atoms with E-state index in [9.17, 15) is 0 Å². The maximum absolute atomic E-state index is 4.71. The molecule has 1 aromatic carbocycles. The van der Waals surface area contributed by atoms with Crippen LogP contribution < -0.4 is 10.6 Å². The molecule has 0 fully saturated rings. The number of nitrogens with one attached hydrogen (secondary N) is 2. The lowest BCUT2D eigenvalue weighted by Crippen LogP contribution is -2.38. The summed E-state index contributed by atoms with van der Waals surface area (Å²) in [6, 6.07) is 14.3. The first kappa shape index (κ1) is 19.0. The fourth-order valence-corrected chi connectivity index (χ4v) is 3.47. The van der Waals surface area contributed by atoms with Crippen LogP contribution in [-0.2, 0) is 13.0 Å². The van der Waals surface area contributed by atoms with E-state index in [0.29, 0.717) is 6.54 Å². The van der Waals surface area contributed by atoms with Gasteiger partial charge in [0.2, 0.25) is 0 Å². The molecule has 0 atom stereocenters. The van der Waals surface area contributed by atoms with Crippen molar-refractivity contribution in [1.29, 1.82) is 0 Å². The minimum atomic E-state index is 0.617. The number of hydrogen-bond acceptors (Lipinski definition) is 4. The molecule has 0 aliphatic carbocycles. The molecule has 140 valence electrons. The number of aryl methyl sites for hydroxylation is 1. The van der Waals surface area contributed by atoms with Gasteiger partial charge in [0, 0.05) is 42.3 Å². The van der Waals surface area contributed by atoms with Gasteiger partial charge < -0.3 is 10.6 Å². The Hall–Kier alpha value is -2.73. The Balaban J connectivity index is 1.60. The molecule has 0 saturated carbocycles. The van der Waals surface area contributed by atoms with Gasteiger partial charge in [-0.3, -0.25) is 4.98 Å². The topological polar surface area (TPSA) is 62.2 Å². The van der Waals surface area contributed by atoms with Gasteiger partial charge in [0.15, 0.2) is 5.96 Å². The molecule has 0 amide bonds. The second kappa shape index (κ2) is 9.83. The van der Waals surface area contributed by atoms with Crippen molar-refractivity contribution < 1.29 is 0 Å². The first-order valence-electron chi connectivity index (χ1n) is 9.18. The molecule has 0 aliphatic heterocycles. The first-order valence-corrected chi connectivity index (χ1v) is 10.00. The van der Waals surface area contributed by atoms with E-state index in [0.717, 1.165) is 47.3 Å². The number of aromatic nitrogens is 2. The third kappa shape index (κ3) is 5.89. The summed E-state index contributed by atoms with van der Waals surface area (Å²) in [4.78, 5) is 14.8. The van der Waals surface area contributed by atoms with E-state index >= 15 is 0 Å². The Labute approximate surface area is 164 Å². The van der Waals surface area contributed by atoms with Crippen LogP contribution in [0, 0.1) is 6.92 Å². The van der Waals surface area contributed by atoms with Gasteiger partial charge in [0.25, 0.3) is 0 Å². The number of aliphatic imine (C=N–C) groups is 1. The number of guanidine groups is 1. The van der Waals surface area contributed by atoms with E-state index < -0.39 is 0 Å². The normalized spacial score (nSPS) is 11.4. The fraction of sp³-hybridized carbons (Fsp3) is 0.286. The smallest absolute Gasteiger partial charge is 0.191 e. The molecular weight excluding hydrogens is 354 g/mol. The van der Waals surface area contributed by atoms with Crippen molar-refractivity contribution in [2.75, 3.05) is 13.1 Å². The Kier molecular flexibility index (Phi) is 6.93. The van der Waals surface area contributed by atoms with Crippen molar-refractivity contribution in [3.05, 3.63) is 70.3 Å². The van der Waals surface area contributed by atoms with Gasteiger partial charge in [-0.05, 0) is 37.6 Å². The standard InChI is InChI=1S/C21H25N5S/c1-3-22-21(24-12-10-20-25-14-16(2)27-20)26-15-17-7-6-8-18(13-17)19-9-4-5-11-23-19/h4-9,11,13-14H,3,10,12,15H2,1-2H3,(H2,22,24,26). The van der Waals surface area contributed by atoms with E-state index in [1.165, 1.54) is 4.88 Å². The first-order chi connectivity index (χ1) is 13.2. The SMILES string of the molecule is CCNC(=NCc1cccc(-c2ccccn2)c1)NCCc1ncc(C)s1. The van der Waals surface area contributed by atoms with Crippen LogP contribution in [0.15, 0.2) is 59.9 Å². The minimum absolute atomic E-state index is 0.617. The van der Waals surface area contributed by atoms with Crippen LogP contribution in [0.3, 0.4) is 0 Å². The molecule has 0 unspecified atom stereocenters. The number of thiazole rings is 1. The van der Waals surface area contributed by atoms with Crippen LogP contribution in [0.5, 0.6) is 0 Å². The van der Waals surface area contributed by atoms with Gasteiger partial charge in [0.1, 0.15) is 0 Å². The Bertz CT molecular complexity index is 873. The molecule has 0 aliphatic rings. The molecule has 2 heterocycles. The molecule has 3 rings (SSSR count). The number of benzene rings is 1. The van der Waals surface area contributed by atoms with Crippen LogP contribution in [0.2, 0.25) is 0 Å². The molecule has 27 heavy (non-hydrogen) atoms. The van der Waals surface area contributed by atoms with Crippen LogP contribution >= 0.6 is 11.3 Å². The summed E-state index contributed by atoms with van der Waals surface area (Å²) >= 11 is 1.75. The zero-order chi connectivity index (χ0) is 18.9. The number of rotatable bonds is 7. The Morgan fingerprint density at radius 2 is 2.04 bits per heavy atom. The van der Waals surface area contributed by atoms with Crippen molar-refractivity contribution in [2.24, 2.45) is 4.99 Å². The third-order valence-corrected chi connectivity index (χ3v) is 4.92. The van der Waals surface area contributed by atoms with Crippen LogP contribution in [0.25, 0.3) is 11.3 Å². The number of hydrogen-bond donors (Lipinski definition) is 2. The highest BCUT2D eigenvalue weighted by atomic mass is 32.1. The highest BCUT2D eigenvalue weighted by molar-refractivity contribution is 7.11. The molecule has 6 heteroatoms. The zero-order valence-corrected chi connectivity index (χ0v) is 16.6. The maximum Gasteiger partial charge on any atom is 0.191 e. The molecule has 3 aromatic rings. The van der Waals surface area contributed by atoms with Crippen LogP contribution in [-0.4, -0.2) is 29.0 Å². The van der Waals surface area contributed by atoms with Crippen molar-refractivity contribution in [3.8, 4) is 11.3 Å². The average Bonchev–Trinajstić information content (AvgIpc) is 3.12. The summed E-state index contributed by atoms with van der Waals surface area (Å²) < 4.78 is 0. The van der Waals surface area contributed by atoms with E-state index in [1.807, 2.05) is 30.6 Å². The van der Waals surface area contributed by atoms with Crippen molar-refractivity contribution in [1.82, 2.24) is 20.6 Å². The maximum atomic E-state index is 4.71. The third-order valence-electron chi connectivity index (χ3n) is 3.95. The van der Waals surface area contributed by atoms with Crippen LogP contribution in [0.1, 0.15) is 22.4 Å². The van der Waals surface area contributed by atoms with Gasteiger partial charge in [-0.2, -0.15) is 0 Å². The van der Waals surface area contributed by atoms with Crippen molar-refractivity contribution >= 4 is 17.3 Å². The van der Waals surface area contributed by atoms with Crippen LogP contribution in [0.4, 0.5) is 0 Å². The molecule has 2 aromatic heterocycles. The minimum Gasteiger partial charge on any atom is -0.357 e. The highest BCUT2D eigenvalue weighted by Crippen LogP contribution is 2.18. The lowest BCUT2D eigenvalue weighted by Gasteiger charge is -2.11. The zero-order valence-electron chi connectivity index (χ0n) is 15.8. The fourth-order valence-electron chi connectivity index (χ4n) is 2.68. The average molecular weight is 380 g/mol. The molecule has 0 bridgehead atoms. The van der Waals surface area contributed by atoms with Gasteiger partial charge in [-0.25, -0.2) is 9.98 Å². The lowest BCUT2D eigenvalue weighted by molar-refractivity contribution is 0.796. The summed E-state index contributed by atoms with van der Waals surface area (Å²) in [5.41, 5.74) is 3.25.